The van der Waals surface area contributed by atoms with Gasteiger partial charge in [0.2, 0.25) is 5.13 Å². The summed E-state index contributed by atoms with van der Waals surface area (Å²) in [7, 11) is 0. The van der Waals surface area contributed by atoms with Crippen molar-refractivity contribution in [2.24, 2.45) is 0 Å². The zero-order valence-electron chi connectivity index (χ0n) is 13.6. The predicted octanol–water partition coefficient (Wildman–Crippen LogP) is 2.26. The third kappa shape index (κ3) is 4.54. The second kappa shape index (κ2) is 8.06. The van der Waals surface area contributed by atoms with Crippen LogP contribution in [0.1, 0.15) is 5.56 Å². The summed E-state index contributed by atoms with van der Waals surface area (Å²) in [5, 5.41) is 15.6. The van der Waals surface area contributed by atoms with Gasteiger partial charge in [-0.25, -0.2) is 4.68 Å². The van der Waals surface area contributed by atoms with E-state index >= 15 is 0 Å². The van der Waals surface area contributed by atoms with Gasteiger partial charge in [-0.15, -0.1) is 5.10 Å². The zero-order valence-corrected chi connectivity index (χ0v) is 15.2. The Bertz CT molecular complexity index is 708. The summed E-state index contributed by atoms with van der Waals surface area (Å²) in [6.45, 7) is 5.61. The SMILES string of the molecule is Cc1ccc(OCC(O)Cn2nc(N3CCOCC3)sc2=S)cc1. The molecular weight excluding hydrogens is 346 g/mol. The molecule has 0 amide bonds. The molecule has 2 aromatic rings. The number of benzene rings is 1. The van der Waals surface area contributed by atoms with Gasteiger partial charge in [-0.2, -0.15) is 0 Å². The minimum Gasteiger partial charge on any atom is -0.491 e. The highest BCUT2D eigenvalue weighted by molar-refractivity contribution is 7.73. The molecule has 1 aliphatic heterocycles. The fourth-order valence-corrected chi connectivity index (χ4v) is 3.54. The first-order valence-corrected chi connectivity index (χ1v) is 9.12. The van der Waals surface area contributed by atoms with Crippen LogP contribution in [-0.4, -0.2) is 53.9 Å². The molecule has 1 N–H and O–H groups in total. The highest BCUT2D eigenvalue weighted by Crippen LogP contribution is 2.21. The van der Waals surface area contributed by atoms with Gasteiger partial charge in [-0.05, 0) is 31.3 Å². The van der Waals surface area contributed by atoms with Crippen LogP contribution in [0.2, 0.25) is 0 Å². The molecule has 24 heavy (non-hydrogen) atoms. The Morgan fingerprint density at radius 2 is 2.04 bits per heavy atom. The van der Waals surface area contributed by atoms with E-state index in [9.17, 15) is 5.11 Å². The lowest BCUT2D eigenvalue weighted by Gasteiger charge is -2.25. The molecular formula is C16H21N3O3S2. The molecule has 0 aliphatic carbocycles. The van der Waals surface area contributed by atoms with Gasteiger partial charge >= 0.3 is 0 Å². The number of morpholine rings is 1. The Labute approximate surface area is 150 Å². The number of nitrogens with zero attached hydrogens (tertiary/aromatic N) is 3. The maximum absolute atomic E-state index is 10.2. The van der Waals surface area contributed by atoms with Crippen molar-refractivity contribution in [1.82, 2.24) is 9.78 Å². The maximum atomic E-state index is 10.2. The average molecular weight is 367 g/mol. The number of ether oxygens (including phenoxy) is 2. The molecule has 1 unspecified atom stereocenters. The molecule has 130 valence electrons. The summed E-state index contributed by atoms with van der Waals surface area (Å²) in [6, 6.07) is 7.75. The first kappa shape index (κ1) is 17.3. The van der Waals surface area contributed by atoms with E-state index in [0.717, 1.165) is 24.0 Å². The molecule has 0 saturated carbocycles. The summed E-state index contributed by atoms with van der Waals surface area (Å²) < 4.78 is 13.3. The molecule has 0 spiro atoms. The van der Waals surface area contributed by atoms with Crippen LogP contribution in [0.3, 0.4) is 0 Å². The first-order chi connectivity index (χ1) is 11.6. The Kier molecular flexibility index (Phi) is 5.83. The van der Waals surface area contributed by atoms with E-state index in [0.29, 0.717) is 23.7 Å². The van der Waals surface area contributed by atoms with Gasteiger partial charge < -0.3 is 19.5 Å². The molecule has 1 atom stereocenters. The van der Waals surface area contributed by atoms with Crippen LogP contribution >= 0.6 is 23.6 Å². The van der Waals surface area contributed by atoms with E-state index in [4.69, 9.17) is 21.7 Å². The van der Waals surface area contributed by atoms with E-state index < -0.39 is 6.10 Å². The largest absolute Gasteiger partial charge is 0.491 e. The van der Waals surface area contributed by atoms with Crippen LogP contribution in [0.5, 0.6) is 5.75 Å². The second-order valence-corrected chi connectivity index (χ2v) is 7.31. The van der Waals surface area contributed by atoms with E-state index in [1.165, 1.54) is 16.9 Å². The number of aromatic nitrogens is 2. The summed E-state index contributed by atoms with van der Waals surface area (Å²) >= 11 is 6.83. The summed E-state index contributed by atoms with van der Waals surface area (Å²) in [5.74, 6) is 0.746. The van der Waals surface area contributed by atoms with Crippen molar-refractivity contribution in [2.75, 3.05) is 37.8 Å². The third-order valence-corrected chi connectivity index (χ3v) is 5.09. The van der Waals surface area contributed by atoms with Gasteiger partial charge in [0, 0.05) is 13.1 Å². The topological polar surface area (TPSA) is 59.8 Å². The third-order valence-electron chi connectivity index (χ3n) is 3.72. The fourth-order valence-electron chi connectivity index (χ4n) is 2.37. The van der Waals surface area contributed by atoms with Crippen molar-refractivity contribution in [3.05, 3.63) is 33.8 Å². The van der Waals surface area contributed by atoms with Crippen LogP contribution in [0.4, 0.5) is 5.13 Å². The van der Waals surface area contributed by atoms with Crippen LogP contribution in [0.25, 0.3) is 0 Å². The van der Waals surface area contributed by atoms with Crippen molar-refractivity contribution in [1.29, 1.82) is 0 Å². The lowest BCUT2D eigenvalue weighted by atomic mass is 10.2. The summed E-state index contributed by atoms with van der Waals surface area (Å²) in [5.41, 5.74) is 1.17. The Hall–Kier alpha value is -1.48. The number of aryl methyl sites for hydroxylation is 1. The highest BCUT2D eigenvalue weighted by Gasteiger charge is 2.17. The Morgan fingerprint density at radius 1 is 1.33 bits per heavy atom. The maximum Gasteiger partial charge on any atom is 0.207 e. The normalized spacial score (nSPS) is 16.2. The molecule has 0 radical (unpaired) electrons. The van der Waals surface area contributed by atoms with Crippen LogP contribution in [-0.2, 0) is 11.3 Å². The van der Waals surface area contributed by atoms with Gasteiger partial charge in [0.1, 0.15) is 18.5 Å². The van der Waals surface area contributed by atoms with Crippen LogP contribution in [0.15, 0.2) is 24.3 Å². The molecule has 8 heteroatoms. The average Bonchev–Trinajstić information content (AvgIpc) is 2.96. The highest BCUT2D eigenvalue weighted by atomic mass is 32.1. The number of aliphatic hydroxyl groups is 1. The van der Waals surface area contributed by atoms with E-state index in [1.54, 1.807) is 4.68 Å². The first-order valence-electron chi connectivity index (χ1n) is 7.90. The fraction of sp³-hybridized carbons (Fsp3) is 0.500. The number of anilines is 1. The Balaban J connectivity index is 1.55. The monoisotopic (exact) mass is 367 g/mol. The molecule has 3 rings (SSSR count). The number of hydrogen-bond donors (Lipinski definition) is 1. The number of hydrogen-bond acceptors (Lipinski definition) is 7. The van der Waals surface area contributed by atoms with Gasteiger partial charge in [0.25, 0.3) is 0 Å². The van der Waals surface area contributed by atoms with Gasteiger partial charge in [0.15, 0.2) is 3.95 Å². The molecule has 2 heterocycles. The minimum absolute atomic E-state index is 0.204. The molecule has 1 saturated heterocycles. The van der Waals surface area contributed by atoms with Crippen molar-refractivity contribution in [3.63, 3.8) is 0 Å². The van der Waals surface area contributed by atoms with Gasteiger partial charge in [-0.1, -0.05) is 29.0 Å². The smallest absolute Gasteiger partial charge is 0.207 e. The van der Waals surface area contributed by atoms with Crippen LogP contribution < -0.4 is 9.64 Å². The molecule has 1 aromatic carbocycles. The van der Waals surface area contributed by atoms with E-state index in [2.05, 4.69) is 10.00 Å². The van der Waals surface area contributed by atoms with Crippen molar-refractivity contribution in [2.45, 2.75) is 19.6 Å². The number of aliphatic hydroxyl groups excluding tert-OH is 1. The standard InChI is InChI=1S/C16H21N3O3S2/c1-12-2-4-14(5-3-12)22-11-13(20)10-19-16(23)24-15(17-19)18-6-8-21-9-7-18/h2-5,13,20H,6-11H2,1H3. The van der Waals surface area contributed by atoms with Crippen LogP contribution in [0, 0.1) is 10.9 Å². The van der Waals surface area contributed by atoms with Crippen molar-refractivity contribution >= 4 is 28.7 Å². The summed E-state index contributed by atoms with van der Waals surface area (Å²) in [6.07, 6.45) is -0.669. The van der Waals surface area contributed by atoms with E-state index in [-0.39, 0.29) is 6.61 Å². The second-order valence-electron chi connectivity index (χ2n) is 5.71. The van der Waals surface area contributed by atoms with E-state index in [1.807, 2.05) is 31.2 Å². The lowest BCUT2D eigenvalue weighted by molar-refractivity contribution is 0.0890. The minimum atomic E-state index is -0.669. The lowest BCUT2D eigenvalue weighted by Crippen LogP contribution is -2.36. The zero-order chi connectivity index (χ0) is 16.9. The van der Waals surface area contributed by atoms with Crippen molar-refractivity contribution < 1.29 is 14.6 Å². The predicted molar refractivity (Wildman–Crippen MR) is 96.7 cm³/mol. The quantitative estimate of drug-likeness (QED) is 0.791. The molecule has 1 aromatic heterocycles. The molecule has 0 bridgehead atoms. The molecule has 6 nitrogen and oxygen atoms in total. The molecule has 1 aliphatic rings. The summed E-state index contributed by atoms with van der Waals surface area (Å²) in [4.78, 5) is 2.16. The van der Waals surface area contributed by atoms with Crippen molar-refractivity contribution in [3.8, 4) is 5.75 Å². The number of rotatable bonds is 6. The van der Waals surface area contributed by atoms with Gasteiger partial charge in [-0.3, -0.25) is 0 Å². The molecule has 1 fully saturated rings. The van der Waals surface area contributed by atoms with Gasteiger partial charge in [0.05, 0.1) is 19.8 Å². The Morgan fingerprint density at radius 3 is 2.75 bits per heavy atom.